The lowest BCUT2D eigenvalue weighted by atomic mass is 9.76. The zero-order valence-corrected chi connectivity index (χ0v) is 13.7. The molecule has 0 radical (unpaired) electrons. The van der Waals surface area contributed by atoms with Crippen molar-refractivity contribution in [3.05, 3.63) is 63.1 Å². The predicted octanol–water partition coefficient (Wildman–Crippen LogP) is 5.77. The van der Waals surface area contributed by atoms with Gasteiger partial charge in [-0.15, -0.1) is 0 Å². The fourth-order valence-electron chi connectivity index (χ4n) is 2.78. The summed E-state index contributed by atoms with van der Waals surface area (Å²) in [6, 6.07) is 15.1. The molecule has 3 heteroatoms. The molecule has 0 unspecified atom stereocenters. The molecule has 0 aliphatic heterocycles. The van der Waals surface area contributed by atoms with Crippen LogP contribution in [0.1, 0.15) is 29.9 Å². The maximum Gasteiger partial charge on any atom is 0.0455 e. The van der Waals surface area contributed by atoms with Crippen LogP contribution >= 0.6 is 27.5 Å². The van der Waals surface area contributed by atoms with Crippen molar-refractivity contribution in [2.75, 3.05) is 5.32 Å². The van der Waals surface area contributed by atoms with Crippen LogP contribution in [-0.4, -0.2) is 6.04 Å². The molecule has 0 bridgehead atoms. The second kappa shape index (κ2) is 5.79. The largest absolute Gasteiger partial charge is 0.382 e. The molecule has 2 aromatic carbocycles. The fraction of sp³-hybridized carbons (Fsp3) is 0.294. The van der Waals surface area contributed by atoms with E-state index < -0.39 is 0 Å². The number of rotatable bonds is 3. The first-order valence-corrected chi connectivity index (χ1v) is 8.08. The van der Waals surface area contributed by atoms with E-state index in [0.29, 0.717) is 12.0 Å². The van der Waals surface area contributed by atoms with Crippen LogP contribution in [0, 0.1) is 6.92 Å². The number of hydrogen-bond donors (Lipinski definition) is 1. The maximum atomic E-state index is 6.16. The molecule has 2 aromatic rings. The first-order chi connectivity index (χ1) is 9.65. The molecule has 0 saturated heterocycles. The van der Waals surface area contributed by atoms with Gasteiger partial charge in [-0.1, -0.05) is 51.8 Å². The average molecular weight is 351 g/mol. The number of anilines is 1. The van der Waals surface area contributed by atoms with Crippen molar-refractivity contribution in [2.45, 2.75) is 31.7 Å². The zero-order chi connectivity index (χ0) is 14.1. The van der Waals surface area contributed by atoms with Crippen molar-refractivity contribution in [1.82, 2.24) is 0 Å². The lowest BCUT2D eigenvalue weighted by Gasteiger charge is -2.37. The van der Waals surface area contributed by atoms with E-state index in [0.717, 1.165) is 16.3 Å². The van der Waals surface area contributed by atoms with E-state index in [1.54, 1.807) is 0 Å². The van der Waals surface area contributed by atoms with Gasteiger partial charge in [-0.05, 0) is 55.0 Å². The molecule has 0 atom stereocenters. The number of benzene rings is 2. The topological polar surface area (TPSA) is 12.0 Å². The summed E-state index contributed by atoms with van der Waals surface area (Å²) >= 11 is 9.80. The SMILES string of the molecule is Cc1c(Cl)cccc1NC1CC(c2ccccc2Br)C1. The van der Waals surface area contributed by atoms with Crippen LogP contribution in [0.3, 0.4) is 0 Å². The summed E-state index contributed by atoms with van der Waals surface area (Å²) in [4.78, 5) is 0. The van der Waals surface area contributed by atoms with E-state index in [1.165, 1.54) is 22.9 Å². The van der Waals surface area contributed by atoms with Crippen molar-refractivity contribution in [2.24, 2.45) is 0 Å². The van der Waals surface area contributed by atoms with Gasteiger partial charge in [0.1, 0.15) is 0 Å². The smallest absolute Gasteiger partial charge is 0.0455 e. The van der Waals surface area contributed by atoms with Gasteiger partial charge in [-0.3, -0.25) is 0 Å². The van der Waals surface area contributed by atoms with Crippen LogP contribution in [0.25, 0.3) is 0 Å². The van der Waals surface area contributed by atoms with Crippen molar-refractivity contribution < 1.29 is 0 Å². The Bertz CT molecular complexity index is 620. The Kier molecular flexibility index (Phi) is 4.04. The van der Waals surface area contributed by atoms with Gasteiger partial charge in [0, 0.05) is 21.2 Å². The molecule has 3 rings (SSSR count). The molecule has 104 valence electrons. The van der Waals surface area contributed by atoms with E-state index >= 15 is 0 Å². The highest BCUT2D eigenvalue weighted by atomic mass is 79.9. The Labute approximate surface area is 133 Å². The molecule has 1 aliphatic rings. The van der Waals surface area contributed by atoms with E-state index in [2.05, 4.69) is 58.5 Å². The summed E-state index contributed by atoms with van der Waals surface area (Å²) < 4.78 is 1.22. The van der Waals surface area contributed by atoms with Gasteiger partial charge >= 0.3 is 0 Å². The molecule has 1 aliphatic carbocycles. The van der Waals surface area contributed by atoms with E-state index in [9.17, 15) is 0 Å². The molecule has 0 heterocycles. The lowest BCUT2D eigenvalue weighted by Crippen LogP contribution is -2.34. The minimum Gasteiger partial charge on any atom is -0.382 e. The summed E-state index contributed by atoms with van der Waals surface area (Å²) in [6.07, 6.45) is 2.35. The summed E-state index contributed by atoms with van der Waals surface area (Å²) in [5, 5.41) is 4.44. The molecular weight excluding hydrogens is 334 g/mol. The van der Waals surface area contributed by atoms with E-state index in [-0.39, 0.29) is 0 Å². The Morgan fingerprint density at radius 3 is 2.60 bits per heavy atom. The van der Waals surface area contributed by atoms with E-state index in [4.69, 9.17) is 11.6 Å². The summed E-state index contributed by atoms with van der Waals surface area (Å²) in [5.41, 5.74) is 3.72. The second-order valence-electron chi connectivity index (χ2n) is 5.44. The van der Waals surface area contributed by atoms with Crippen LogP contribution in [0.2, 0.25) is 5.02 Å². The van der Waals surface area contributed by atoms with Gasteiger partial charge < -0.3 is 5.32 Å². The quantitative estimate of drug-likeness (QED) is 0.741. The van der Waals surface area contributed by atoms with Crippen molar-refractivity contribution in [3.8, 4) is 0 Å². The third kappa shape index (κ3) is 2.72. The summed E-state index contributed by atoms with van der Waals surface area (Å²) in [5.74, 6) is 0.655. The molecule has 1 saturated carbocycles. The third-order valence-electron chi connectivity index (χ3n) is 4.11. The highest BCUT2D eigenvalue weighted by molar-refractivity contribution is 9.10. The van der Waals surface area contributed by atoms with E-state index in [1.807, 2.05) is 12.1 Å². The van der Waals surface area contributed by atoms with Crippen LogP contribution in [-0.2, 0) is 0 Å². The first kappa shape index (κ1) is 14.0. The van der Waals surface area contributed by atoms with Gasteiger partial charge in [0.15, 0.2) is 0 Å². The van der Waals surface area contributed by atoms with Crippen molar-refractivity contribution in [3.63, 3.8) is 0 Å². The van der Waals surface area contributed by atoms with Crippen LogP contribution in [0.15, 0.2) is 46.9 Å². The maximum absolute atomic E-state index is 6.16. The third-order valence-corrected chi connectivity index (χ3v) is 5.24. The van der Waals surface area contributed by atoms with Crippen molar-refractivity contribution in [1.29, 1.82) is 0 Å². The molecular formula is C17H17BrClN. The molecule has 0 amide bonds. The molecule has 1 N–H and O–H groups in total. The molecule has 0 spiro atoms. The minimum absolute atomic E-state index is 0.546. The fourth-order valence-corrected chi connectivity index (χ4v) is 3.56. The Hall–Kier alpha value is -0.990. The van der Waals surface area contributed by atoms with Gasteiger partial charge in [-0.2, -0.15) is 0 Å². The number of halogens is 2. The number of hydrogen-bond acceptors (Lipinski definition) is 1. The normalized spacial score (nSPS) is 21.4. The predicted molar refractivity (Wildman–Crippen MR) is 89.7 cm³/mol. The Balaban J connectivity index is 1.64. The lowest BCUT2D eigenvalue weighted by molar-refractivity contribution is 0.373. The Morgan fingerprint density at radius 2 is 1.85 bits per heavy atom. The van der Waals surface area contributed by atoms with Gasteiger partial charge in [0.25, 0.3) is 0 Å². The van der Waals surface area contributed by atoms with Gasteiger partial charge in [0.05, 0.1) is 0 Å². The highest BCUT2D eigenvalue weighted by Gasteiger charge is 2.31. The summed E-state index contributed by atoms with van der Waals surface area (Å²) in [7, 11) is 0. The monoisotopic (exact) mass is 349 g/mol. The second-order valence-corrected chi connectivity index (χ2v) is 6.71. The van der Waals surface area contributed by atoms with Crippen molar-refractivity contribution >= 4 is 33.2 Å². The first-order valence-electron chi connectivity index (χ1n) is 6.91. The highest BCUT2D eigenvalue weighted by Crippen LogP contribution is 2.41. The van der Waals surface area contributed by atoms with Gasteiger partial charge in [-0.25, -0.2) is 0 Å². The molecule has 1 fully saturated rings. The van der Waals surface area contributed by atoms with Crippen LogP contribution in [0.5, 0.6) is 0 Å². The van der Waals surface area contributed by atoms with Gasteiger partial charge in [0.2, 0.25) is 0 Å². The van der Waals surface area contributed by atoms with Crippen LogP contribution in [0.4, 0.5) is 5.69 Å². The molecule has 20 heavy (non-hydrogen) atoms. The molecule has 0 aromatic heterocycles. The summed E-state index contributed by atoms with van der Waals surface area (Å²) in [6.45, 7) is 2.06. The zero-order valence-electron chi connectivity index (χ0n) is 11.4. The van der Waals surface area contributed by atoms with Crippen LogP contribution < -0.4 is 5.32 Å². The molecule has 1 nitrogen and oxygen atoms in total. The Morgan fingerprint density at radius 1 is 1.10 bits per heavy atom. The standard InChI is InChI=1S/C17H17BrClN/c1-11-16(19)7-4-8-17(11)20-13-9-12(10-13)14-5-2-3-6-15(14)18/h2-8,12-13,20H,9-10H2,1H3. The number of nitrogens with one attached hydrogen (secondary N) is 1. The average Bonchev–Trinajstić information content (AvgIpc) is 2.39. The minimum atomic E-state index is 0.546.